The monoisotopic (exact) mass is 301 g/mol. The van der Waals surface area contributed by atoms with E-state index in [2.05, 4.69) is 5.10 Å². The molecule has 0 unspecified atom stereocenters. The zero-order valence-electron chi connectivity index (χ0n) is 11.6. The van der Waals surface area contributed by atoms with Crippen molar-refractivity contribution in [3.8, 4) is 17.2 Å². The summed E-state index contributed by atoms with van der Waals surface area (Å²) in [6.45, 7) is 0. The lowest BCUT2D eigenvalue weighted by Crippen LogP contribution is -2.11. The molecule has 0 radical (unpaired) electrons. The van der Waals surface area contributed by atoms with Gasteiger partial charge in [0, 0.05) is 24.1 Å². The Hall–Kier alpha value is -3.09. The number of nitrogens with zero attached hydrogens (tertiary/aromatic N) is 2. The van der Waals surface area contributed by atoms with Gasteiger partial charge >= 0.3 is 0 Å². The van der Waals surface area contributed by atoms with Gasteiger partial charge in [-0.25, -0.2) is 4.39 Å². The summed E-state index contributed by atoms with van der Waals surface area (Å²) in [4.78, 5) is 11.4. The molecule has 1 aromatic heterocycles. The summed E-state index contributed by atoms with van der Waals surface area (Å²) in [5.41, 5.74) is 6.12. The molecule has 112 valence electrons. The van der Waals surface area contributed by atoms with E-state index in [1.165, 1.54) is 18.2 Å². The van der Waals surface area contributed by atoms with E-state index in [9.17, 15) is 14.3 Å². The molecule has 0 aliphatic rings. The molecule has 1 amide bonds. The number of phenolic OH excluding ortho intramolecular Hbond substituents is 1. The summed E-state index contributed by atoms with van der Waals surface area (Å²) >= 11 is 0. The summed E-state index contributed by atoms with van der Waals surface area (Å²) in [7, 11) is 1.70. The Morgan fingerprint density at radius 2 is 2.09 bits per heavy atom. The molecule has 0 saturated heterocycles. The van der Waals surface area contributed by atoms with E-state index < -0.39 is 11.7 Å². The van der Waals surface area contributed by atoms with Gasteiger partial charge in [0.2, 0.25) is 5.91 Å². The maximum atomic E-state index is 13.8. The number of ether oxygens (including phenoxy) is 1. The van der Waals surface area contributed by atoms with Crippen LogP contribution in [0, 0.1) is 5.82 Å². The third kappa shape index (κ3) is 2.32. The molecule has 6 nitrogen and oxygen atoms in total. The Morgan fingerprint density at radius 1 is 1.32 bits per heavy atom. The lowest BCUT2D eigenvalue weighted by Gasteiger charge is -2.10. The second kappa shape index (κ2) is 5.03. The van der Waals surface area contributed by atoms with Crippen LogP contribution in [0.3, 0.4) is 0 Å². The molecule has 2 aromatic carbocycles. The second-order valence-electron chi connectivity index (χ2n) is 4.76. The Morgan fingerprint density at radius 3 is 2.77 bits per heavy atom. The summed E-state index contributed by atoms with van der Waals surface area (Å²) in [6.07, 6.45) is 1.56. The maximum Gasteiger partial charge on any atom is 0.248 e. The molecule has 0 spiro atoms. The first kappa shape index (κ1) is 13.9. The number of carbonyl (C=O) groups is 1. The second-order valence-corrected chi connectivity index (χ2v) is 4.76. The van der Waals surface area contributed by atoms with Crippen LogP contribution >= 0.6 is 0 Å². The summed E-state index contributed by atoms with van der Waals surface area (Å²) in [5, 5.41) is 14.0. The SMILES string of the molecule is Cn1ncc2cc(C(N)=O)cc(Oc3ccc(O)cc3F)c21. The van der Waals surface area contributed by atoms with E-state index in [4.69, 9.17) is 10.5 Å². The van der Waals surface area contributed by atoms with Gasteiger partial charge in [-0.1, -0.05) is 0 Å². The van der Waals surface area contributed by atoms with Crippen LogP contribution in [0.5, 0.6) is 17.2 Å². The number of hydrogen-bond donors (Lipinski definition) is 2. The van der Waals surface area contributed by atoms with Crippen LogP contribution < -0.4 is 10.5 Å². The van der Waals surface area contributed by atoms with Gasteiger partial charge in [0.1, 0.15) is 11.3 Å². The average Bonchev–Trinajstić information content (AvgIpc) is 2.83. The van der Waals surface area contributed by atoms with Crippen molar-refractivity contribution in [1.29, 1.82) is 0 Å². The number of nitrogens with two attached hydrogens (primary N) is 1. The van der Waals surface area contributed by atoms with E-state index in [0.717, 1.165) is 6.07 Å². The zero-order valence-corrected chi connectivity index (χ0v) is 11.6. The minimum Gasteiger partial charge on any atom is -0.508 e. The fourth-order valence-corrected chi connectivity index (χ4v) is 2.19. The smallest absolute Gasteiger partial charge is 0.248 e. The Bertz CT molecular complexity index is 889. The predicted octanol–water partition coefficient (Wildman–Crippen LogP) is 2.31. The van der Waals surface area contributed by atoms with Crippen molar-refractivity contribution in [1.82, 2.24) is 9.78 Å². The molecule has 0 saturated carbocycles. The number of carbonyl (C=O) groups excluding carboxylic acids is 1. The first-order valence-corrected chi connectivity index (χ1v) is 6.37. The number of aromatic hydroxyl groups is 1. The van der Waals surface area contributed by atoms with E-state index in [0.29, 0.717) is 10.9 Å². The minimum atomic E-state index is -0.722. The van der Waals surface area contributed by atoms with Gasteiger partial charge in [0.05, 0.1) is 6.20 Å². The first-order valence-electron chi connectivity index (χ1n) is 6.37. The van der Waals surface area contributed by atoms with E-state index in [1.54, 1.807) is 24.0 Å². The molecule has 0 fully saturated rings. The van der Waals surface area contributed by atoms with Crippen LogP contribution in [0.1, 0.15) is 10.4 Å². The number of aryl methyl sites for hydroxylation is 1. The third-order valence-corrected chi connectivity index (χ3v) is 3.22. The van der Waals surface area contributed by atoms with Crippen LogP contribution in [0.4, 0.5) is 4.39 Å². The topological polar surface area (TPSA) is 90.4 Å². The number of rotatable bonds is 3. The van der Waals surface area contributed by atoms with Crippen LogP contribution in [0.25, 0.3) is 10.9 Å². The van der Waals surface area contributed by atoms with E-state index in [-0.39, 0.29) is 22.8 Å². The summed E-state index contributed by atoms with van der Waals surface area (Å²) < 4.78 is 20.9. The van der Waals surface area contributed by atoms with Crippen LogP contribution in [0.2, 0.25) is 0 Å². The number of amides is 1. The van der Waals surface area contributed by atoms with Crippen LogP contribution in [-0.2, 0) is 7.05 Å². The lowest BCUT2D eigenvalue weighted by molar-refractivity contribution is 0.1000. The average molecular weight is 301 g/mol. The molecule has 0 atom stereocenters. The number of aromatic nitrogens is 2. The summed E-state index contributed by atoms with van der Waals surface area (Å²) in [6, 6.07) is 6.55. The first-order chi connectivity index (χ1) is 10.5. The van der Waals surface area contributed by atoms with Gasteiger partial charge in [0.25, 0.3) is 0 Å². The Balaban J connectivity index is 2.16. The highest BCUT2D eigenvalue weighted by Crippen LogP contribution is 2.33. The van der Waals surface area contributed by atoms with Gasteiger partial charge < -0.3 is 15.6 Å². The number of halogens is 1. The molecule has 3 aromatic rings. The van der Waals surface area contributed by atoms with Gasteiger partial charge in [-0.05, 0) is 24.3 Å². The quantitative estimate of drug-likeness (QED) is 0.776. The largest absolute Gasteiger partial charge is 0.508 e. The zero-order chi connectivity index (χ0) is 15.9. The number of hydrogen-bond acceptors (Lipinski definition) is 4. The van der Waals surface area contributed by atoms with Gasteiger partial charge in [0.15, 0.2) is 17.3 Å². The standard InChI is InChI=1S/C15H12FN3O3/c1-19-14-9(7-18-19)4-8(15(17)21)5-13(14)22-12-3-2-10(20)6-11(12)16/h2-7,20H,1H3,(H2,17,21). The van der Waals surface area contributed by atoms with Crippen molar-refractivity contribution in [2.45, 2.75) is 0 Å². The van der Waals surface area contributed by atoms with E-state index >= 15 is 0 Å². The van der Waals surface area contributed by atoms with Crippen molar-refractivity contribution < 1.29 is 19.0 Å². The molecule has 3 N–H and O–H groups in total. The van der Waals surface area contributed by atoms with Crippen LogP contribution in [0.15, 0.2) is 36.5 Å². The number of benzene rings is 2. The Kier molecular flexibility index (Phi) is 3.17. The number of primary amides is 1. The molecule has 0 bridgehead atoms. The van der Waals surface area contributed by atoms with Gasteiger partial charge in [-0.2, -0.15) is 5.10 Å². The fraction of sp³-hybridized carbons (Fsp3) is 0.0667. The van der Waals surface area contributed by atoms with E-state index in [1.807, 2.05) is 0 Å². The lowest BCUT2D eigenvalue weighted by atomic mass is 10.1. The van der Waals surface area contributed by atoms with Crippen molar-refractivity contribution in [3.63, 3.8) is 0 Å². The molecule has 22 heavy (non-hydrogen) atoms. The highest BCUT2D eigenvalue weighted by Gasteiger charge is 2.15. The normalized spacial score (nSPS) is 10.8. The number of fused-ring (bicyclic) bond motifs is 1. The predicted molar refractivity (Wildman–Crippen MR) is 77.4 cm³/mol. The molecular formula is C15H12FN3O3. The third-order valence-electron chi connectivity index (χ3n) is 3.22. The molecule has 7 heteroatoms. The highest BCUT2D eigenvalue weighted by molar-refractivity contribution is 5.99. The van der Waals surface area contributed by atoms with Gasteiger partial charge in [-0.3, -0.25) is 9.48 Å². The van der Waals surface area contributed by atoms with Crippen LogP contribution in [-0.4, -0.2) is 20.8 Å². The summed E-state index contributed by atoms with van der Waals surface area (Å²) in [5.74, 6) is -1.39. The molecule has 0 aliphatic heterocycles. The van der Waals surface area contributed by atoms with Crippen molar-refractivity contribution >= 4 is 16.8 Å². The highest BCUT2D eigenvalue weighted by atomic mass is 19.1. The van der Waals surface area contributed by atoms with Crippen molar-refractivity contribution in [2.75, 3.05) is 0 Å². The van der Waals surface area contributed by atoms with Crippen molar-refractivity contribution in [2.24, 2.45) is 12.8 Å². The fourth-order valence-electron chi connectivity index (χ4n) is 2.19. The number of phenols is 1. The van der Waals surface area contributed by atoms with Gasteiger partial charge in [-0.15, -0.1) is 0 Å². The molecule has 3 rings (SSSR count). The maximum absolute atomic E-state index is 13.8. The minimum absolute atomic E-state index is 0.0816. The molecule has 1 heterocycles. The molecule has 0 aliphatic carbocycles. The van der Waals surface area contributed by atoms with Crippen molar-refractivity contribution in [3.05, 3.63) is 47.9 Å². The molecular weight excluding hydrogens is 289 g/mol. The Labute approximate surface area is 124 Å².